The van der Waals surface area contributed by atoms with Gasteiger partial charge in [-0.2, -0.15) is 26.3 Å². The first-order valence-electron chi connectivity index (χ1n) is 38.7. The average Bonchev–Trinajstić information content (AvgIpc) is 0.929. The Balaban J connectivity index is 1.33. The highest BCUT2D eigenvalue weighted by molar-refractivity contribution is 6.01. The van der Waals surface area contributed by atoms with E-state index in [1.54, 1.807) is 53.7 Å². The van der Waals surface area contributed by atoms with Crippen molar-refractivity contribution in [3.8, 4) is 0 Å². The summed E-state index contributed by atoms with van der Waals surface area (Å²) < 4.78 is 115. The quantitative estimate of drug-likeness (QED) is 0.137. The molecule has 610 valence electrons. The smallest absolute Gasteiger partial charge is 0.344 e. The van der Waals surface area contributed by atoms with Crippen molar-refractivity contribution in [3.05, 3.63) is 12.2 Å². The number of nitrogens with one attached hydrogen (secondary N) is 3. The molecule has 1 spiro atoms. The van der Waals surface area contributed by atoms with Crippen molar-refractivity contribution < 1.29 is 92.7 Å². The van der Waals surface area contributed by atoms with Gasteiger partial charge < -0.3 is 60.0 Å². The number of halogens is 8. The topological polar surface area (TPSA) is 270 Å². The van der Waals surface area contributed by atoms with Gasteiger partial charge in [-0.05, 0) is 151 Å². The van der Waals surface area contributed by atoms with Crippen LogP contribution in [0.2, 0.25) is 0 Å². The second-order valence-corrected chi connectivity index (χ2v) is 33.5. The number of fused-ring (bicyclic) bond motifs is 3. The minimum Gasteiger partial charge on any atom is -0.344 e. The van der Waals surface area contributed by atoms with Crippen LogP contribution in [0.3, 0.4) is 0 Å². The number of alkyl halides is 8. The molecule has 2 bridgehead atoms. The van der Waals surface area contributed by atoms with E-state index in [2.05, 4.69) is 16.0 Å². The molecular formula is C76H118F8N12O12. The highest BCUT2D eigenvalue weighted by atomic mass is 19.4. The second-order valence-electron chi connectivity index (χ2n) is 33.5. The van der Waals surface area contributed by atoms with Crippen molar-refractivity contribution in [1.29, 1.82) is 0 Å². The highest BCUT2D eigenvalue weighted by Crippen LogP contribution is 2.50. The van der Waals surface area contributed by atoms with Crippen molar-refractivity contribution in [2.45, 2.75) is 262 Å². The van der Waals surface area contributed by atoms with Gasteiger partial charge in [-0.15, -0.1) is 0 Å². The zero-order chi connectivity index (χ0) is 80.7. The SMILES string of the molecule is CC[C@H](C)[C@@H]1NC(=O)[C@H](C(C)C)N(C)C(=O)C[C@@H](C(=O)N(C)CC)N(C)C(=O)[C@H](C2CCCC2)N(C)C(=O)C2(CC(C)(C)C2)NC(=O)[C@@H]2C[C@H](C)CN2C(=O)[C@H](CCC2CC(F)C(C(F)(F)F)C(F)C2)NC(=O)CN(C)C(=O)[C@H](CC2CCC(C(F)(F)F)CC2)N2CC/C=C\C[C@@H](C2=O)N(C)C(=O)CN(C)C1=O. The van der Waals surface area contributed by atoms with Crippen LogP contribution in [-0.2, 0) is 57.5 Å². The average molecular weight is 1540 g/mol. The molecule has 0 aromatic carbocycles. The first kappa shape index (κ1) is 88.0. The van der Waals surface area contributed by atoms with Crippen LogP contribution < -0.4 is 16.0 Å². The summed E-state index contributed by atoms with van der Waals surface area (Å²) in [6, 6.07) is -11.2. The second kappa shape index (κ2) is 36.3. The summed E-state index contributed by atoms with van der Waals surface area (Å²) in [6.45, 7) is 12.4. The van der Waals surface area contributed by atoms with Gasteiger partial charge in [0.2, 0.25) is 70.9 Å². The van der Waals surface area contributed by atoms with E-state index >= 15 is 37.5 Å². The van der Waals surface area contributed by atoms with Crippen molar-refractivity contribution in [2.24, 2.45) is 52.8 Å². The molecule has 0 radical (unpaired) electrons. The Bertz CT molecular complexity index is 3270. The van der Waals surface area contributed by atoms with Gasteiger partial charge in [0.15, 0.2) is 0 Å². The van der Waals surface area contributed by atoms with Crippen LogP contribution in [0, 0.1) is 52.8 Å². The van der Waals surface area contributed by atoms with E-state index in [0.717, 1.165) is 24.5 Å². The van der Waals surface area contributed by atoms with Crippen LogP contribution in [0.1, 0.15) is 184 Å². The highest BCUT2D eigenvalue weighted by Gasteiger charge is 2.60. The molecular weight excluding hydrogens is 1420 g/mol. The summed E-state index contributed by atoms with van der Waals surface area (Å²) >= 11 is 0. The fourth-order valence-electron chi connectivity index (χ4n) is 18.0. The van der Waals surface area contributed by atoms with E-state index in [-0.39, 0.29) is 90.3 Å². The number of hydrogen-bond donors (Lipinski definition) is 3. The van der Waals surface area contributed by atoms with E-state index < -0.39 is 241 Å². The van der Waals surface area contributed by atoms with Crippen molar-refractivity contribution in [3.63, 3.8) is 0 Å². The number of rotatable bonds is 11. The maximum Gasteiger partial charge on any atom is 0.397 e. The molecule has 24 nitrogen and oxygen atoms in total. The lowest BCUT2D eigenvalue weighted by Crippen LogP contribution is -2.71. The minimum absolute atomic E-state index is 0.00115. The molecule has 2 unspecified atom stereocenters. The number of carbonyl (C=O) groups excluding carboxylic acids is 12. The van der Waals surface area contributed by atoms with Crippen LogP contribution in [0.25, 0.3) is 0 Å². The molecule has 7 rings (SSSR count). The van der Waals surface area contributed by atoms with Crippen LogP contribution >= 0.6 is 0 Å². The number of amides is 12. The molecule has 32 heteroatoms. The molecule has 4 aliphatic carbocycles. The zero-order valence-electron chi connectivity index (χ0n) is 65.7. The van der Waals surface area contributed by atoms with Gasteiger partial charge in [0.1, 0.15) is 72.1 Å². The number of carbonyl (C=O) groups is 12. The molecule has 7 aliphatic rings. The maximum atomic E-state index is 15.7. The van der Waals surface area contributed by atoms with E-state index in [4.69, 9.17) is 0 Å². The Labute approximate surface area is 630 Å². The third-order valence-electron chi connectivity index (χ3n) is 24.4. The van der Waals surface area contributed by atoms with E-state index in [9.17, 15) is 55.1 Å². The van der Waals surface area contributed by atoms with Crippen LogP contribution in [0.15, 0.2) is 12.2 Å². The van der Waals surface area contributed by atoms with Gasteiger partial charge in [-0.3, -0.25) is 57.5 Å². The van der Waals surface area contributed by atoms with Crippen LogP contribution in [0.5, 0.6) is 0 Å². The summed E-state index contributed by atoms with van der Waals surface area (Å²) in [5, 5.41) is 8.49. The van der Waals surface area contributed by atoms with Gasteiger partial charge in [-0.25, -0.2) is 8.78 Å². The number of nitrogens with zero attached hydrogens (tertiary/aromatic N) is 9. The Morgan fingerprint density at radius 3 is 1.81 bits per heavy atom. The lowest BCUT2D eigenvalue weighted by atomic mass is 9.58. The standard InChI is InChI=1S/C76H118F8N12O12/c1-16-45(6)61-70(106)90(11)40-59(99)91(12)53-25-19-18-22-32-95(69(53)105)56(36-46-26-29-49(30-27-46)75(79,80)81)68(104)89(10)39-57(97)85-52(31-28-47-34-50(77)60(51(78)35-47)76(82,83)84)66(102)96-38-44(5)33-54(96)64(100)87-74(41-73(7,8)42-74)72(108)94(15)63(48-23-20-21-24-48)71(107)92(13)55(67(103)88(9)17-2)37-58(98)93(14)62(43(3)4)65(101)86-61/h18-19,43-56,60-63H,16-17,20-42H2,1-15H3,(H,85,97)(H,86,101)(H,87,100)/b19-18-/t44-,45-,46?,47?,49?,50?,51?,52-,53-,54-,55-,56-,60?,61-,62-,63-/m0/s1. The molecule has 3 heterocycles. The molecule has 6 fully saturated rings. The van der Waals surface area contributed by atoms with E-state index in [0.29, 0.717) is 32.1 Å². The molecule has 3 N–H and O–H groups in total. The Hall–Kier alpha value is -7.18. The fraction of sp³-hybridized carbons (Fsp3) is 0.816. The predicted octanol–water partition coefficient (Wildman–Crippen LogP) is 7.22. The molecule has 0 aromatic heterocycles. The lowest BCUT2D eigenvalue weighted by molar-refractivity contribution is -0.219. The Morgan fingerprint density at radius 1 is 0.648 bits per heavy atom. The van der Waals surface area contributed by atoms with E-state index in [1.807, 2.05) is 13.8 Å². The minimum atomic E-state index is -5.21. The lowest BCUT2D eigenvalue weighted by Gasteiger charge is -2.54. The maximum absolute atomic E-state index is 15.7. The van der Waals surface area contributed by atoms with E-state index in [1.165, 1.54) is 68.9 Å². The summed E-state index contributed by atoms with van der Waals surface area (Å²) in [4.78, 5) is 192. The molecule has 108 heavy (non-hydrogen) atoms. The summed E-state index contributed by atoms with van der Waals surface area (Å²) in [6.07, 6.45) is -12.5. The monoisotopic (exact) mass is 1540 g/mol. The third-order valence-corrected chi connectivity index (χ3v) is 24.4. The van der Waals surface area contributed by atoms with Gasteiger partial charge in [0, 0.05) is 69.0 Å². The molecule has 2 saturated heterocycles. The molecule has 4 saturated carbocycles. The first-order chi connectivity index (χ1) is 50.3. The first-order valence-corrected chi connectivity index (χ1v) is 38.7. The number of likely N-dealkylation sites (N-methyl/N-ethyl adjacent to an activating group) is 7. The normalized spacial score (nSPS) is 32.5. The molecule has 12 amide bonds. The largest absolute Gasteiger partial charge is 0.397 e. The summed E-state index contributed by atoms with van der Waals surface area (Å²) in [7, 11) is 9.53. The van der Waals surface area contributed by atoms with Crippen molar-refractivity contribution >= 4 is 70.9 Å². The molecule has 12 atom stereocenters. The zero-order valence-corrected chi connectivity index (χ0v) is 65.7. The van der Waals surface area contributed by atoms with Gasteiger partial charge >= 0.3 is 12.4 Å². The van der Waals surface area contributed by atoms with Crippen LogP contribution in [0.4, 0.5) is 35.1 Å². The predicted molar refractivity (Wildman–Crippen MR) is 384 cm³/mol. The van der Waals surface area contributed by atoms with Gasteiger partial charge in [0.05, 0.1) is 25.4 Å². The van der Waals surface area contributed by atoms with Crippen molar-refractivity contribution in [1.82, 2.24) is 60.0 Å². The Morgan fingerprint density at radius 2 is 1.25 bits per heavy atom. The molecule has 3 aliphatic heterocycles. The Kier molecular flexibility index (Phi) is 29.6. The third kappa shape index (κ3) is 20.7. The molecule has 0 aromatic rings. The fourth-order valence-corrected chi connectivity index (χ4v) is 18.0. The summed E-state index contributed by atoms with van der Waals surface area (Å²) in [5.74, 6) is -17.6. The number of hydrogen-bond acceptors (Lipinski definition) is 12. The van der Waals surface area contributed by atoms with Gasteiger partial charge in [-0.1, -0.05) is 79.9 Å². The van der Waals surface area contributed by atoms with Crippen molar-refractivity contribution in [2.75, 3.05) is 82.1 Å². The van der Waals surface area contributed by atoms with Crippen LogP contribution in [-0.4, -0.2) is 276 Å². The summed E-state index contributed by atoms with van der Waals surface area (Å²) in [5.41, 5.74) is -2.30. The van der Waals surface area contributed by atoms with Gasteiger partial charge in [0.25, 0.3) is 0 Å².